The topological polar surface area (TPSA) is 66.9 Å². The van der Waals surface area contributed by atoms with E-state index in [9.17, 15) is 4.79 Å². The van der Waals surface area contributed by atoms with Gasteiger partial charge >= 0.3 is 5.97 Å². The van der Waals surface area contributed by atoms with Crippen LogP contribution in [0.4, 0.5) is 0 Å². The minimum Gasteiger partial charge on any atom is -0.483 e. The largest absolute Gasteiger partial charge is 0.483 e. The van der Waals surface area contributed by atoms with E-state index in [4.69, 9.17) is 18.9 Å². The molecule has 0 saturated carbocycles. The smallest absolute Gasteiger partial charge is 0.314 e. The van der Waals surface area contributed by atoms with Crippen LogP contribution in [0, 0.1) is 5.41 Å². The number of nitrogens with zero attached hydrogens (tertiary/aromatic N) is 1. The maximum atomic E-state index is 11.6. The molecule has 0 aliphatic carbocycles. The highest BCUT2D eigenvalue weighted by Gasteiger charge is 2.39. The molecule has 0 unspecified atom stereocenters. The number of esters is 1. The zero-order valence-electron chi connectivity index (χ0n) is 15.9. The van der Waals surface area contributed by atoms with Crippen molar-refractivity contribution in [1.29, 1.82) is 0 Å². The molecule has 0 amide bonds. The van der Waals surface area contributed by atoms with Crippen LogP contribution in [-0.2, 0) is 14.2 Å². The van der Waals surface area contributed by atoms with Gasteiger partial charge in [0, 0.05) is 6.07 Å². The number of methoxy groups -OCH3 is 1. The Labute approximate surface area is 145 Å². The lowest BCUT2D eigenvalue weighted by Gasteiger charge is -2.41. The van der Waals surface area contributed by atoms with Crippen molar-refractivity contribution in [3.8, 4) is 11.6 Å². The maximum Gasteiger partial charge on any atom is 0.314 e. The number of carbonyl (C=O) groups excluding carboxylic acids is 1. The predicted octanol–water partition coefficient (Wildman–Crippen LogP) is 2.16. The molecule has 0 N–H and O–H groups in total. The zero-order valence-corrected chi connectivity index (χ0v) is 15.9. The Balaban J connectivity index is 2.72. The van der Waals surface area contributed by atoms with Crippen molar-refractivity contribution in [2.75, 3.05) is 13.7 Å². The van der Waals surface area contributed by atoms with Crippen molar-refractivity contribution < 1.29 is 23.7 Å². The molecule has 0 fully saturated rings. The van der Waals surface area contributed by atoms with Gasteiger partial charge in [-0.1, -0.05) is 0 Å². The maximum absolute atomic E-state index is 11.6. The molecule has 0 atom stereocenters. The van der Waals surface area contributed by atoms with E-state index in [2.05, 4.69) is 4.98 Å². The Hall–Kier alpha value is -1.76. The van der Waals surface area contributed by atoms with Gasteiger partial charge in [0.05, 0.1) is 24.3 Å². The highest BCUT2D eigenvalue weighted by molar-refractivity contribution is 5.98. The average Bonchev–Trinajstić information content (AvgIpc) is 2.52. The van der Waals surface area contributed by atoms with E-state index in [1.807, 2.05) is 27.7 Å². The van der Waals surface area contributed by atoms with Crippen molar-refractivity contribution in [1.82, 2.24) is 4.98 Å². The monoisotopic (exact) mass is 337 g/mol. The summed E-state index contributed by atoms with van der Waals surface area (Å²) in [6.07, 6.45) is 1.59. The molecule has 0 bridgehead atoms. The number of carbonyl (C=O) groups is 1. The van der Waals surface area contributed by atoms with Crippen LogP contribution in [-0.4, -0.2) is 43.9 Å². The van der Waals surface area contributed by atoms with Gasteiger partial charge in [0.25, 0.3) is 8.05 Å². The molecule has 7 heteroatoms. The minimum absolute atomic E-state index is 0.176. The summed E-state index contributed by atoms with van der Waals surface area (Å²) in [4.78, 5) is 15.9. The molecule has 0 spiro atoms. The molecule has 134 valence electrons. The minimum atomic E-state index is -0.740. The Morgan fingerprint density at radius 1 is 1.12 bits per heavy atom. The lowest BCUT2D eigenvalue weighted by molar-refractivity contribution is -0.152. The van der Waals surface area contributed by atoms with E-state index in [0.29, 0.717) is 11.6 Å². The van der Waals surface area contributed by atoms with Crippen molar-refractivity contribution in [2.24, 2.45) is 5.41 Å². The van der Waals surface area contributed by atoms with Gasteiger partial charge in [-0.2, -0.15) is 0 Å². The van der Waals surface area contributed by atoms with E-state index >= 15 is 0 Å². The number of aromatic nitrogens is 1. The first-order chi connectivity index (χ1) is 10.9. The summed E-state index contributed by atoms with van der Waals surface area (Å²) in [5.41, 5.74) is -1.75. The van der Waals surface area contributed by atoms with Crippen LogP contribution < -0.4 is 9.47 Å². The van der Waals surface area contributed by atoms with Gasteiger partial charge in [-0.3, -0.25) is 4.79 Å². The molecule has 0 aromatic carbocycles. The van der Waals surface area contributed by atoms with E-state index in [-0.39, 0.29) is 12.6 Å². The summed E-state index contributed by atoms with van der Waals surface area (Å²) in [6, 6.07) is 3.49. The normalized spacial score (nSPS) is 12.6. The molecule has 0 radical (unpaired) electrons. The van der Waals surface area contributed by atoms with Gasteiger partial charge in [0.1, 0.15) is 18.0 Å². The molecule has 0 aliphatic rings. The van der Waals surface area contributed by atoms with Gasteiger partial charge in [0.15, 0.2) is 0 Å². The zero-order chi connectivity index (χ0) is 18.6. The van der Waals surface area contributed by atoms with Gasteiger partial charge in [-0.15, -0.1) is 0 Å². The van der Waals surface area contributed by atoms with Crippen LogP contribution in [0.25, 0.3) is 0 Å². The fourth-order valence-corrected chi connectivity index (χ4v) is 1.77. The molecule has 1 aromatic heterocycles. The van der Waals surface area contributed by atoms with Gasteiger partial charge in [0.2, 0.25) is 5.88 Å². The molecule has 24 heavy (non-hydrogen) atoms. The van der Waals surface area contributed by atoms with E-state index in [0.717, 1.165) is 0 Å². The van der Waals surface area contributed by atoms with Crippen LogP contribution in [0.1, 0.15) is 41.5 Å². The Morgan fingerprint density at radius 3 is 2.21 bits per heavy atom. The number of rotatable bonds is 8. The fourth-order valence-electron chi connectivity index (χ4n) is 1.77. The summed E-state index contributed by atoms with van der Waals surface area (Å²) in [6.45, 7) is 11.5. The van der Waals surface area contributed by atoms with E-state index < -0.39 is 16.6 Å². The van der Waals surface area contributed by atoms with Crippen LogP contribution in [0.3, 0.4) is 0 Å². The molecule has 1 aromatic rings. The second-order valence-corrected chi connectivity index (χ2v) is 7.32. The summed E-state index contributed by atoms with van der Waals surface area (Å²) < 4.78 is 21.8. The first kappa shape index (κ1) is 20.3. The lowest BCUT2D eigenvalue weighted by atomic mass is 9.88. The summed E-state index contributed by atoms with van der Waals surface area (Å²) >= 11 is 0. The molecular weight excluding hydrogens is 309 g/mol. The third kappa shape index (κ3) is 4.87. The second kappa shape index (κ2) is 7.42. The number of pyridine rings is 1. The summed E-state index contributed by atoms with van der Waals surface area (Å²) in [7, 11) is 3.01. The molecular formula is C17H28BNO5. The lowest BCUT2D eigenvalue weighted by Crippen LogP contribution is -2.51. The van der Waals surface area contributed by atoms with Crippen LogP contribution in [0.2, 0.25) is 0 Å². The highest BCUT2D eigenvalue weighted by Crippen LogP contribution is 2.30. The van der Waals surface area contributed by atoms with Gasteiger partial charge in [-0.05, 0) is 47.6 Å². The van der Waals surface area contributed by atoms with E-state index in [1.54, 1.807) is 40.2 Å². The van der Waals surface area contributed by atoms with Gasteiger partial charge < -0.3 is 18.9 Å². The Morgan fingerprint density at radius 2 is 1.75 bits per heavy atom. The van der Waals surface area contributed by atoms with Gasteiger partial charge in [-0.25, -0.2) is 4.98 Å². The molecule has 1 rings (SSSR count). The van der Waals surface area contributed by atoms with Crippen molar-refractivity contribution in [3.05, 3.63) is 18.3 Å². The number of ether oxygens (including phenoxy) is 3. The molecule has 0 aliphatic heterocycles. The van der Waals surface area contributed by atoms with Crippen LogP contribution >= 0.6 is 0 Å². The quantitative estimate of drug-likeness (QED) is 0.535. The first-order valence-electron chi connectivity index (χ1n) is 7.86. The predicted molar refractivity (Wildman–Crippen MR) is 93.9 cm³/mol. The van der Waals surface area contributed by atoms with E-state index in [1.165, 1.54) is 7.11 Å². The molecule has 0 saturated heterocycles. The van der Waals surface area contributed by atoms with Crippen LogP contribution in [0.5, 0.6) is 11.6 Å². The molecule has 1 heterocycles. The standard InChI is InChI=1S/C17H28BNO5/c1-15(2,14(20)21-7)11-22-13-9-8-12(10-19-13)23-16(3,4)17(5,6)24-18/h8-10H,11,18H2,1-7H3. The number of hydrogen-bond donors (Lipinski definition) is 0. The van der Waals surface area contributed by atoms with Crippen molar-refractivity contribution in [3.63, 3.8) is 0 Å². The van der Waals surface area contributed by atoms with Crippen LogP contribution in [0.15, 0.2) is 18.3 Å². The highest BCUT2D eigenvalue weighted by atomic mass is 16.5. The average molecular weight is 337 g/mol. The first-order valence-corrected chi connectivity index (χ1v) is 7.86. The third-order valence-electron chi connectivity index (χ3n) is 4.36. The second-order valence-electron chi connectivity index (χ2n) is 7.32. The van der Waals surface area contributed by atoms with Crippen molar-refractivity contribution >= 4 is 14.0 Å². The van der Waals surface area contributed by atoms with Crippen molar-refractivity contribution in [2.45, 2.75) is 52.7 Å². The fraction of sp³-hybridized carbons (Fsp3) is 0.647. The Bertz CT molecular complexity index is 555. The molecule has 6 nitrogen and oxygen atoms in total. The number of hydrogen-bond acceptors (Lipinski definition) is 6. The Kier molecular flexibility index (Phi) is 6.28. The summed E-state index contributed by atoms with van der Waals surface area (Å²) in [5.74, 6) is 0.707. The SMILES string of the molecule is BOC(C)(C)C(C)(C)Oc1ccc(OCC(C)(C)C(=O)OC)nc1. The summed E-state index contributed by atoms with van der Waals surface area (Å²) in [5, 5.41) is 0. The third-order valence-corrected chi connectivity index (χ3v) is 4.36.